The number of anilines is 1. The molecule has 1 saturated carbocycles. The summed E-state index contributed by atoms with van der Waals surface area (Å²) in [5.74, 6) is -0.259. The molecule has 0 atom stereocenters. The zero-order chi connectivity index (χ0) is 14.8. The van der Waals surface area contributed by atoms with Crippen LogP contribution in [-0.4, -0.2) is 11.9 Å². The molecule has 3 N–H and O–H groups in total. The summed E-state index contributed by atoms with van der Waals surface area (Å²) < 4.78 is 13.7. The van der Waals surface area contributed by atoms with Gasteiger partial charge in [-0.05, 0) is 54.7 Å². The maximum absolute atomic E-state index is 13.7. The number of nitrogens with one attached hydrogen (secondary N) is 1. The second-order valence-corrected chi connectivity index (χ2v) is 5.47. The normalized spacial score (nSPS) is 20.6. The highest BCUT2D eigenvalue weighted by molar-refractivity contribution is 5.93. The first-order chi connectivity index (χ1) is 10.1. The molecule has 0 spiro atoms. The second-order valence-electron chi connectivity index (χ2n) is 5.47. The largest absolute Gasteiger partial charge is 0.382 e. The summed E-state index contributed by atoms with van der Waals surface area (Å²) in [6.07, 6.45) is 1.83. The molecule has 0 saturated heterocycles. The molecule has 3 nitrogen and oxygen atoms in total. The standard InChI is InChI=1S/C17H17FN2O/c18-16-4-2-1-3-15(16)12-9-14(10-12)20-13-7-5-11(6-8-13)17(19)21/h1-8,12,14,20H,9-10H2,(H2,19,21). The first-order valence-electron chi connectivity index (χ1n) is 7.04. The van der Waals surface area contributed by atoms with E-state index >= 15 is 0 Å². The quantitative estimate of drug-likeness (QED) is 0.905. The molecule has 0 bridgehead atoms. The van der Waals surface area contributed by atoms with Crippen molar-refractivity contribution in [2.45, 2.75) is 24.8 Å². The summed E-state index contributed by atoms with van der Waals surface area (Å²) in [7, 11) is 0. The summed E-state index contributed by atoms with van der Waals surface area (Å²) in [5, 5.41) is 3.39. The lowest BCUT2D eigenvalue weighted by Crippen LogP contribution is -2.34. The van der Waals surface area contributed by atoms with Crippen LogP contribution in [0, 0.1) is 5.82 Å². The molecule has 2 aromatic carbocycles. The summed E-state index contributed by atoms with van der Waals surface area (Å²) in [4.78, 5) is 11.0. The van der Waals surface area contributed by atoms with Gasteiger partial charge in [0.1, 0.15) is 5.82 Å². The molecule has 0 heterocycles. The Balaban J connectivity index is 1.57. The van der Waals surface area contributed by atoms with Crippen molar-refractivity contribution in [2.75, 3.05) is 5.32 Å². The fourth-order valence-corrected chi connectivity index (χ4v) is 2.76. The van der Waals surface area contributed by atoms with Gasteiger partial charge in [-0.3, -0.25) is 4.79 Å². The second kappa shape index (κ2) is 5.56. The molecule has 0 radical (unpaired) electrons. The number of halogens is 1. The lowest BCUT2D eigenvalue weighted by atomic mass is 9.75. The van der Waals surface area contributed by atoms with Gasteiger partial charge in [0.2, 0.25) is 5.91 Å². The molecule has 1 aliphatic carbocycles. The van der Waals surface area contributed by atoms with Crippen LogP contribution < -0.4 is 11.1 Å². The minimum Gasteiger partial charge on any atom is -0.382 e. The van der Waals surface area contributed by atoms with E-state index in [0.717, 1.165) is 24.1 Å². The van der Waals surface area contributed by atoms with E-state index in [1.807, 2.05) is 24.3 Å². The van der Waals surface area contributed by atoms with Gasteiger partial charge in [-0.25, -0.2) is 4.39 Å². The summed E-state index contributed by atoms with van der Waals surface area (Å²) in [6.45, 7) is 0. The van der Waals surface area contributed by atoms with Gasteiger partial charge in [-0.15, -0.1) is 0 Å². The van der Waals surface area contributed by atoms with Crippen LogP contribution in [-0.2, 0) is 0 Å². The van der Waals surface area contributed by atoms with Gasteiger partial charge >= 0.3 is 0 Å². The Morgan fingerprint density at radius 2 is 1.76 bits per heavy atom. The number of nitrogens with two attached hydrogens (primary N) is 1. The van der Waals surface area contributed by atoms with E-state index in [2.05, 4.69) is 5.32 Å². The zero-order valence-corrected chi connectivity index (χ0v) is 11.6. The van der Waals surface area contributed by atoms with Gasteiger partial charge in [0.15, 0.2) is 0 Å². The maximum atomic E-state index is 13.7. The van der Waals surface area contributed by atoms with Gasteiger partial charge in [0.05, 0.1) is 0 Å². The number of hydrogen-bond acceptors (Lipinski definition) is 2. The van der Waals surface area contributed by atoms with E-state index in [0.29, 0.717) is 11.6 Å². The number of carbonyl (C=O) groups excluding carboxylic acids is 1. The Hall–Kier alpha value is -2.36. The highest BCUT2D eigenvalue weighted by Crippen LogP contribution is 2.39. The smallest absolute Gasteiger partial charge is 0.248 e. The molecular formula is C17H17FN2O. The third-order valence-corrected chi connectivity index (χ3v) is 4.02. The average molecular weight is 284 g/mol. The number of benzene rings is 2. The molecule has 1 amide bonds. The lowest BCUT2D eigenvalue weighted by Gasteiger charge is -2.37. The van der Waals surface area contributed by atoms with Crippen LogP contribution in [0.1, 0.15) is 34.7 Å². The Bertz CT molecular complexity index is 648. The summed E-state index contributed by atoms with van der Waals surface area (Å²) >= 11 is 0. The number of carbonyl (C=O) groups is 1. The number of amides is 1. The van der Waals surface area contributed by atoms with Crippen molar-refractivity contribution in [1.82, 2.24) is 0 Å². The Morgan fingerprint density at radius 1 is 1.10 bits per heavy atom. The van der Waals surface area contributed by atoms with Crippen molar-refractivity contribution in [2.24, 2.45) is 5.73 Å². The van der Waals surface area contributed by atoms with Crippen LogP contribution in [0.5, 0.6) is 0 Å². The Morgan fingerprint density at radius 3 is 2.38 bits per heavy atom. The number of rotatable bonds is 4. The minimum absolute atomic E-state index is 0.119. The van der Waals surface area contributed by atoms with Crippen molar-refractivity contribution in [3.05, 3.63) is 65.5 Å². The first-order valence-corrected chi connectivity index (χ1v) is 7.04. The minimum atomic E-state index is -0.426. The summed E-state index contributed by atoms with van der Waals surface area (Å²) in [6, 6.07) is 14.4. The molecule has 108 valence electrons. The molecule has 1 aliphatic rings. The van der Waals surface area contributed by atoms with Crippen LogP contribution in [0.4, 0.5) is 10.1 Å². The van der Waals surface area contributed by atoms with Gasteiger partial charge in [-0.2, -0.15) is 0 Å². The molecule has 21 heavy (non-hydrogen) atoms. The van der Waals surface area contributed by atoms with Crippen molar-refractivity contribution < 1.29 is 9.18 Å². The van der Waals surface area contributed by atoms with Crippen molar-refractivity contribution in [1.29, 1.82) is 0 Å². The van der Waals surface area contributed by atoms with Gasteiger partial charge < -0.3 is 11.1 Å². The van der Waals surface area contributed by atoms with Crippen LogP contribution in [0.25, 0.3) is 0 Å². The fraction of sp³-hybridized carbons (Fsp3) is 0.235. The van der Waals surface area contributed by atoms with Crippen LogP contribution >= 0.6 is 0 Å². The van der Waals surface area contributed by atoms with Crippen LogP contribution in [0.2, 0.25) is 0 Å². The van der Waals surface area contributed by atoms with E-state index in [1.54, 1.807) is 18.2 Å². The molecule has 2 aromatic rings. The van der Waals surface area contributed by atoms with Crippen molar-refractivity contribution >= 4 is 11.6 Å². The predicted octanol–water partition coefficient (Wildman–Crippen LogP) is 3.28. The molecule has 0 aliphatic heterocycles. The highest BCUT2D eigenvalue weighted by atomic mass is 19.1. The molecule has 1 fully saturated rings. The fourth-order valence-electron chi connectivity index (χ4n) is 2.76. The Labute approximate surface area is 123 Å². The van der Waals surface area contributed by atoms with Gasteiger partial charge in [0, 0.05) is 17.3 Å². The molecular weight excluding hydrogens is 267 g/mol. The lowest BCUT2D eigenvalue weighted by molar-refractivity contribution is 0.100. The maximum Gasteiger partial charge on any atom is 0.248 e. The Kier molecular flexibility index (Phi) is 3.60. The van der Waals surface area contributed by atoms with Crippen molar-refractivity contribution in [3.63, 3.8) is 0 Å². The first kappa shape index (κ1) is 13.6. The molecule has 3 rings (SSSR count). The summed E-state index contributed by atoms with van der Waals surface area (Å²) in [5.41, 5.74) is 7.46. The van der Waals surface area contributed by atoms with Gasteiger partial charge in [0.25, 0.3) is 0 Å². The third-order valence-electron chi connectivity index (χ3n) is 4.02. The highest BCUT2D eigenvalue weighted by Gasteiger charge is 2.31. The van der Waals surface area contributed by atoms with Crippen molar-refractivity contribution in [3.8, 4) is 0 Å². The topological polar surface area (TPSA) is 55.1 Å². The van der Waals surface area contributed by atoms with Crippen LogP contribution in [0.15, 0.2) is 48.5 Å². The number of hydrogen-bond donors (Lipinski definition) is 2. The van der Waals surface area contributed by atoms with E-state index in [9.17, 15) is 9.18 Å². The number of primary amides is 1. The molecule has 0 unspecified atom stereocenters. The SMILES string of the molecule is NC(=O)c1ccc(NC2CC(c3ccccc3F)C2)cc1. The average Bonchev–Trinajstić information content (AvgIpc) is 2.44. The van der Waals surface area contributed by atoms with E-state index in [1.165, 1.54) is 6.07 Å². The third kappa shape index (κ3) is 2.89. The van der Waals surface area contributed by atoms with Gasteiger partial charge in [-0.1, -0.05) is 18.2 Å². The predicted molar refractivity (Wildman–Crippen MR) is 80.7 cm³/mol. The van der Waals surface area contributed by atoms with E-state index in [4.69, 9.17) is 5.73 Å². The molecule has 0 aromatic heterocycles. The zero-order valence-electron chi connectivity index (χ0n) is 11.6. The van der Waals surface area contributed by atoms with Crippen LogP contribution in [0.3, 0.4) is 0 Å². The monoisotopic (exact) mass is 284 g/mol. The van der Waals surface area contributed by atoms with E-state index < -0.39 is 5.91 Å². The van der Waals surface area contributed by atoms with E-state index in [-0.39, 0.29) is 11.7 Å². The molecule has 4 heteroatoms.